The van der Waals surface area contributed by atoms with E-state index in [2.05, 4.69) is 20.8 Å². The van der Waals surface area contributed by atoms with Crippen molar-refractivity contribution in [3.8, 4) is 5.69 Å². The molecule has 2 aromatic rings. The first-order chi connectivity index (χ1) is 10.9. The third kappa shape index (κ3) is 3.47. The summed E-state index contributed by atoms with van der Waals surface area (Å²) in [6.07, 6.45) is -4.44. The number of hydrogen-bond donors (Lipinski definition) is 1. The molecule has 1 N–H and O–H groups in total. The Morgan fingerprint density at radius 1 is 1.30 bits per heavy atom. The number of piperazine rings is 1. The number of benzene rings is 1. The van der Waals surface area contributed by atoms with Gasteiger partial charge < -0.3 is 5.32 Å². The van der Waals surface area contributed by atoms with Crippen LogP contribution >= 0.6 is 0 Å². The molecule has 1 aromatic heterocycles. The van der Waals surface area contributed by atoms with Crippen LogP contribution in [0.1, 0.15) is 11.4 Å². The Bertz CT molecular complexity index is 714. The predicted octanol–water partition coefficient (Wildman–Crippen LogP) is 0.613. The van der Waals surface area contributed by atoms with Gasteiger partial charge in [0.05, 0.1) is 24.3 Å². The topological polar surface area (TPSA) is 75.9 Å². The Hall–Kier alpha value is -2.49. The Labute approximate surface area is 129 Å². The maximum absolute atomic E-state index is 12.8. The molecule has 0 radical (unpaired) electrons. The fraction of sp³-hybridized carbons (Fsp3) is 0.385. The quantitative estimate of drug-likeness (QED) is 0.894. The summed E-state index contributed by atoms with van der Waals surface area (Å²) in [6, 6.07) is 4.78. The number of carbonyl (C=O) groups excluding carboxylic acids is 1. The van der Waals surface area contributed by atoms with Gasteiger partial charge in [0, 0.05) is 13.1 Å². The first kappa shape index (κ1) is 15.4. The number of alkyl halides is 3. The molecule has 1 amide bonds. The fourth-order valence-corrected chi connectivity index (χ4v) is 2.35. The van der Waals surface area contributed by atoms with Gasteiger partial charge in [0.2, 0.25) is 5.91 Å². The van der Waals surface area contributed by atoms with Crippen LogP contribution in [0.3, 0.4) is 0 Å². The predicted molar refractivity (Wildman–Crippen MR) is 72.4 cm³/mol. The molecule has 1 aliphatic heterocycles. The summed E-state index contributed by atoms with van der Waals surface area (Å²) in [4.78, 5) is 13.2. The second-order valence-electron chi connectivity index (χ2n) is 5.12. The number of hydrogen-bond acceptors (Lipinski definition) is 5. The van der Waals surface area contributed by atoms with Gasteiger partial charge in [0.15, 0.2) is 5.82 Å². The Morgan fingerprint density at radius 3 is 2.87 bits per heavy atom. The van der Waals surface area contributed by atoms with Crippen LogP contribution in [-0.4, -0.2) is 50.6 Å². The van der Waals surface area contributed by atoms with E-state index in [4.69, 9.17) is 0 Å². The number of amides is 1. The lowest BCUT2D eigenvalue weighted by Crippen LogP contribution is -2.47. The minimum absolute atomic E-state index is 0.102. The zero-order valence-electron chi connectivity index (χ0n) is 11.9. The third-order valence-electron chi connectivity index (χ3n) is 3.43. The van der Waals surface area contributed by atoms with Crippen molar-refractivity contribution in [3.05, 3.63) is 35.7 Å². The molecule has 0 aliphatic carbocycles. The van der Waals surface area contributed by atoms with E-state index < -0.39 is 11.7 Å². The first-order valence-corrected chi connectivity index (χ1v) is 6.87. The standard InChI is InChI=1S/C13H13F3N6O/c14-13(15,16)9-2-1-3-10(6-9)22-11(18-19-20-22)7-21-5-4-17-12(23)8-21/h1-3,6H,4-5,7-8H2,(H,17,23). The molecule has 3 rings (SSSR count). The van der Waals surface area contributed by atoms with E-state index in [9.17, 15) is 18.0 Å². The molecule has 0 saturated carbocycles. The van der Waals surface area contributed by atoms with Crippen LogP contribution in [0, 0.1) is 0 Å². The molecular formula is C13H13F3N6O. The lowest BCUT2D eigenvalue weighted by atomic mass is 10.2. The summed E-state index contributed by atoms with van der Waals surface area (Å²) in [5.74, 6) is 0.272. The normalized spacial score (nSPS) is 16.4. The molecule has 0 unspecified atom stereocenters. The highest BCUT2D eigenvalue weighted by Gasteiger charge is 2.31. The summed E-state index contributed by atoms with van der Waals surface area (Å²) < 4.78 is 39.7. The van der Waals surface area contributed by atoms with Crippen LogP contribution in [0.2, 0.25) is 0 Å². The number of aromatic nitrogens is 4. The number of halogens is 3. The van der Waals surface area contributed by atoms with Crippen molar-refractivity contribution in [2.45, 2.75) is 12.7 Å². The van der Waals surface area contributed by atoms with Gasteiger partial charge in [-0.3, -0.25) is 9.69 Å². The Kier molecular flexibility index (Phi) is 3.99. The molecule has 7 nitrogen and oxygen atoms in total. The van der Waals surface area contributed by atoms with Crippen LogP contribution < -0.4 is 5.32 Å². The SMILES string of the molecule is O=C1CN(Cc2nnnn2-c2cccc(C(F)(F)F)c2)CCN1. The second-order valence-corrected chi connectivity index (χ2v) is 5.12. The minimum Gasteiger partial charge on any atom is -0.354 e. The molecule has 1 aliphatic rings. The highest BCUT2D eigenvalue weighted by molar-refractivity contribution is 5.78. The molecule has 122 valence electrons. The Morgan fingerprint density at radius 2 is 2.13 bits per heavy atom. The summed E-state index contributed by atoms with van der Waals surface area (Å²) >= 11 is 0. The van der Waals surface area contributed by atoms with Crippen molar-refractivity contribution in [2.75, 3.05) is 19.6 Å². The number of rotatable bonds is 3. The van der Waals surface area contributed by atoms with Crippen molar-refractivity contribution < 1.29 is 18.0 Å². The Balaban J connectivity index is 1.85. The summed E-state index contributed by atoms with van der Waals surface area (Å²) in [6.45, 7) is 1.62. The van der Waals surface area contributed by atoms with E-state index in [1.54, 1.807) is 0 Å². The van der Waals surface area contributed by atoms with Crippen LogP contribution in [0.5, 0.6) is 0 Å². The average molecular weight is 326 g/mol. The number of nitrogens with one attached hydrogen (secondary N) is 1. The molecule has 0 spiro atoms. The zero-order valence-corrected chi connectivity index (χ0v) is 11.9. The van der Waals surface area contributed by atoms with Gasteiger partial charge in [-0.1, -0.05) is 6.07 Å². The van der Waals surface area contributed by atoms with Crippen molar-refractivity contribution in [2.24, 2.45) is 0 Å². The minimum atomic E-state index is -4.44. The monoisotopic (exact) mass is 326 g/mol. The van der Waals surface area contributed by atoms with Crippen molar-refractivity contribution in [1.29, 1.82) is 0 Å². The van der Waals surface area contributed by atoms with E-state index in [-0.39, 0.29) is 24.7 Å². The summed E-state index contributed by atoms with van der Waals surface area (Å²) in [5.41, 5.74) is -0.546. The molecular weight excluding hydrogens is 313 g/mol. The summed E-state index contributed by atoms with van der Waals surface area (Å²) in [5, 5.41) is 13.8. The van der Waals surface area contributed by atoms with Gasteiger partial charge in [0.1, 0.15) is 0 Å². The van der Waals surface area contributed by atoms with Gasteiger partial charge in [0.25, 0.3) is 0 Å². The second kappa shape index (κ2) is 5.95. The smallest absolute Gasteiger partial charge is 0.354 e. The molecule has 1 saturated heterocycles. The summed E-state index contributed by atoms with van der Waals surface area (Å²) in [7, 11) is 0. The van der Waals surface area contributed by atoms with Crippen LogP contribution in [-0.2, 0) is 17.5 Å². The van der Waals surface area contributed by atoms with Crippen molar-refractivity contribution in [3.63, 3.8) is 0 Å². The highest BCUT2D eigenvalue weighted by atomic mass is 19.4. The third-order valence-corrected chi connectivity index (χ3v) is 3.43. The van der Waals surface area contributed by atoms with Crippen LogP contribution in [0.15, 0.2) is 24.3 Å². The number of carbonyl (C=O) groups is 1. The van der Waals surface area contributed by atoms with E-state index in [0.717, 1.165) is 12.1 Å². The lowest BCUT2D eigenvalue weighted by Gasteiger charge is -2.25. The first-order valence-electron chi connectivity index (χ1n) is 6.87. The number of tetrazole rings is 1. The molecule has 0 bridgehead atoms. The molecule has 2 heterocycles. The molecule has 10 heteroatoms. The van der Waals surface area contributed by atoms with Gasteiger partial charge in [-0.05, 0) is 28.6 Å². The van der Waals surface area contributed by atoms with E-state index in [1.807, 2.05) is 4.90 Å². The van der Waals surface area contributed by atoms with Crippen LogP contribution in [0.4, 0.5) is 13.2 Å². The molecule has 1 fully saturated rings. The molecule has 0 atom stereocenters. The largest absolute Gasteiger partial charge is 0.416 e. The van der Waals surface area contributed by atoms with Gasteiger partial charge in [-0.2, -0.15) is 17.9 Å². The molecule has 23 heavy (non-hydrogen) atoms. The van der Waals surface area contributed by atoms with Gasteiger partial charge in [-0.15, -0.1) is 5.10 Å². The van der Waals surface area contributed by atoms with Gasteiger partial charge >= 0.3 is 6.18 Å². The average Bonchev–Trinajstić information content (AvgIpc) is 2.95. The van der Waals surface area contributed by atoms with Gasteiger partial charge in [-0.25, -0.2) is 0 Å². The fourth-order valence-electron chi connectivity index (χ4n) is 2.35. The number of nitrogens with zero attached hydrogens (tertiary/aromatic N) is 5. The van der Waals surface area contributed by atoms with Crippen LogP contribution in [0.25, 0.3) is 5.69 Å². The highest BCUT2D eigenvalue weighted by Crippen LogP contribution is 2.30. The maximum atomic E-state index is 12.8. The lowest BCUT2D eigenvalue weighted by molar-refractivity contribution is -0.137. The van der Waals surface area contributed by atoms with E-state index >= 15 is 0 Å². The van der Waals surface area contributed by atoms with E-state index in [1.165, 1.54) is 16.8 Å². The van der Waals surface area contributed by atoms with Crippen molar-refractivity contribution >= 4 is 5.91 Å². The maximum Gasteiger partial charge on any atom is 0.416 e. The van der Waals surface area contributed by atoms with Crippen molar-refractivity contribution in [1.82, 2.24) is 30.4 Å². The molecule has 1 aromatic carbocycles. The van der Waals surface area contributed by atoms with E-state index in [0.29, 0.717) is 18.9 Å². The zero-order chi connectivity index (χ0) is 16.4.